The minimum atomic E-state index is -0.613. The number of morpholine rings is 1. The van der Waals surface area contributed by atoms with Gasteiger partial charge in [-0.15, -0.1) is 0 Å². The normalized spacial score (nSPS) is 32.3. The molecule has 5 aliphatic carbocycles. The van der Waals surface area contributed by atoms with Crippen molar-refractivity contribution in [2.45, 2.75) is 64.3 Å². The molecule has 5 fully saturated rings. The summed E-state index contributed by atoms with van der Waals surface area (Å²) in [7, 11) is 0. The Kier molecular flexibility index (Phi) is 7.12. The zero-order chi connectivity index (χ0) is 26.1. The van der Waals surface area contributed by atoms with Crippen molar-refractivity contribution in [3.8, 4) is 0 Å². The van der Waals surface area contributed by atoms with Crippen LogP contribution < -0.4 is 10.7 Å². The Bertz CT molecular complexity index is 1110. The van der Waals surface area contributed by atoms with Crippen LogP contribution in [0.25, 0.3) is 6.08 Å². The molecule has 0 unspecified atom stereocenters. The number of nitrogens with zero attached hydrogens (tertiary/aromatic N) is 2. The maximum atomic E-state index is 13.3. The van der Waals surface area contributed by atoms with Crippen LogP contribution >= 0.6 is 0 Å². The van der Waals surface area contributed by atoms with Crippen LogP contribution in [0.15, 0.2) is 52.3 Å². The van der Waals surface area contributed by atoms with E-state index >= 15 is 0 Å². The van der Waals surface area contributed by atoms with Crippen molar-refractivity contribution in [1.82, 2.24) is 15.6 Å². The summed E-state index contributed by atoms with van der Waals surface area (Å²) in [5, 5.41) is 7.38. The van der Waals surface area contributed by atoms with Gasteiger partial charge in [-0.25, -0.2) is 5.43 Å². The van der Waals surface area contributed by atoms with E-state index in [0.29, 0.717) is 31.0 Å². The summed E-state index contributed by atoms with van der Waals surface area (Å²) in [5.74, 6) is 1.89. The molecule has 0 aromatic heterocycles. The average molecular weight is 517 g/mol. The lowest BCUT2D eigenvalue weighted by Gasteiger charge is -2.55. The van der Waals surface area contributed by atoms with Crippen molar-refractivity contribution in [2.75, 3.05) is 26.3 Å². The Morgan fingerprint density at radius 1 is 1.03 bits per heavy atom. The monoisotopic (exact) mass is 516 g/mol. The quantitative estimate of drug-likeness (QED) is 0.419. The highest BCUT2D eigenvalue weighted by Gasteiger charge is 2.54. The molecule has 4 saturated carbocycles. The highest BCUT2D eigenvalue weighted by atomic mass is 16.5. The molecule has 0 radical (unpaired) electrons. The SMILES string of the molecule is C[C@H](NC(=O)C12CC3CC(CC(C3)C1)C2)C(=O)N/N=C\C1=C(N2CCOCC2)C(=C/c2ccccc2)/CC1. The van der Waals surface area contributed by atoms with Crippen molar-refractivity contribution in [3.05, 3.63) is 52.7 Å². The molecule has 1 aliphatic heterocycles. The number of carbonyl (C=O) groups is 2. The molecule has 2 N–H and O–H groups in total. The first-order valence-electron chi connectivity index (χ1n) is 14.4. The van der Waals surface area contributed by atoms with Crippen LogP contribution in [0.4, 0.5) is 0 Å². The van der Waals surface area contributed by atoms with Gasteiger partial charge in [-0.1, -0.05) is 30.3 Å². The smallest absolute Gasteiger partial charge is 0.262 e. The van der Waals surface area contributed by atoms with E-state index in [9.17, 15) is 9.59 Å². The number of hydrazone groups is 1. The van der Waals surface area contributed by atoms with Gasteiger partial charge in [-0.3, -0.25) is 9.59 Å². The first-order chi connectivity index (χ1) is 18.5. The third kappa shape index (κ3) is 5.18. The lowest BCUT2D eigenvalue weighted by atomic mass is 9.49. The molecule has 0 spiro atoms. The van der Waals surface area contributed by atoms with E-state index in [1.165, 1.54) is 36.1 Å². The topological polar surface area (TPSA) is 83.0 Å². The van der Waals surface area contributed by atoms with E-state index in [1.807, 2.05) is 6.07 Å². The van der Waals surface area contributed by atoms with E-state index in [-0.39, 0.29) is 17.2 Å². The number of ether oxygens (including phenoxy) is 1. The first kappa shape index (κ1) is 25.4. The fraction of sp³-hybridized carbons (Fsp3) is 0.581. The molecule has 4 bridgehead atoms. The summed E-state index contributed by atoms with van der Waals surface area (Å²) in [4.78, 5) is 28.6. The van der Waals surface area contributed by atoms with Crippen LogP contribution in [0.5, 0.6) is 0 Å². The molecule has 1 atom stereocenters. The van der Waals surface area contributed by atoms with Crippen molar-refractivity contribution in [1.29, 1.82) is 0 Å². The number of nitrogens with one attached hydrogen (secondary N) is 2. The van der Waals surface area contributed by atoms with E-state index in [1.54, 1.807) is 13.1 Å². The van der Waals surface area contributed by atoms with Crippen LogP contribution in [-0.4, -0.2) is 55.3 Å². The molecule has 7 rings (SSSR count). The first-order valence-corrected chi connectivity index (χ1v) is 14.4. The van der Waals surface area contributed by atoms with Crippen molar-refractivity contribution >= 4 is 24.1 Å². The van der Waals surface area contributed by atoms with E-state index < -0.39 is 6.04 Å². The molecule has 1 aromatic carbocycles. The van der Waals surface area contributed by atoms with Crippen molar-refractivity contribution < 1.29 is 14.3 Å². The summed E-state index contributed by atoms with van der Waals surface area (Å²) < 4.78 is 5.59. The summed E-state index contributed by atoms with van der Waals surface area (Å²) in [6.07, 6.45) is 12.7. The minimum absolute atomic E-state index is 0.0759. The van der Waals surface area contributed by atoms with E-state index in [2.05, 4.69) is 51.1 Å². The van der Waals surface area contributed by atoms with Gasteiger partial charge in [-0.05, 0) is 98.8 Å². The number of allylic oxidation sites excluding steroid dienone is 2. The van der Waals surface area contributed by atoms with Crippen LogP contribution in [0.3, 0.4) is 0 Å². The van der Waals surface area contributed by atoms with Gasteiger partial charge in [0, 0.05) is 24.2 Å². The third-order valence-corrected chi connectivity index (χ3v) is 9.40. The zero-order valence-electron chi connectivity index (χ0n) is 22.5. The standard InChI is InChI=1S/C31H40N4O3/c1-21(33-30(37)31-17-23-13-24(18-31)15-25(14-23)19-31)29(36)34-32-20-27-8-7-26(16-22-5-3-2-4-6-22)28(27)35-9-11-38-12-10-35/h2-6,16,20-21,23-25H,7-15,17-19H2,1H3,(H,33,37)(H,34,36)/b26-16+,32-20-/t21-,23?,24?,25?,31?/m0/s1. The van der Waals surface area contributed by atoms with Gasteiger partial charge in [0.25, 0.3) is 5.91 Å². The van der Waals surface area contributed by atoms with Crippen molar-refractivity contribution in [2.24, 2.45) is 28.3 Å². The molecule has 38 heavy (non-hydrogen) atoms. The van der Waals surface area contributed by atoms with Gasteiger partial charge in [0.05, 0.1) is 19.4 Å². The Labute approximate surface area is 225 Å². The molecular weight excluding hydrogens is 476 g/mol. The number of hydrogen-bond donors (Lipinski definition) is 2. The maximum absolute atomic E-state index is 13.3. The average Bonchev–Trinajstić information content (AvgIpc) is 3.31. The molecule has 1 heterocycles. The van der Waals surface area contributed by atoms with Crippen LogP contribution in [0.1, 0.15) is 63.9 Å². The number of benzene rings is 1. The zero-order valence-corrected chi connectivity index (χ0v) is 22.5. The molecule has 6 aliphatic rings. The van der Waals surface area contributed by atoms with Gasteiger partial charge < -0.3 is 15.0 Å². The lowest BCUT2D eigenvalue weighted by Crippen LogP contribution is -2.56. The summed E-state index contributed by atoms with van der Waals surface area (Å²) in [5.41, 5.74) is 7.25. The second kappa shape index (κ2) is 10.7. The fourth-order valence-corrected chi connectivity index (χ4v) is 8.00. The predicted octanol–water partition coefficient (Wildman–Crippen LogP) is 4.27. The predicted molar refractivity (Wildman–Crippen MR) is 148 cm³/mol. The van der Waals surface area contributed by atoms with E-state index in [0.717, 1.165) is 50.8 Å². The van der Waals surface area contributed by atoms with Crippen LogP contribution in [0.2, 0.25) is 0 Å². The van der Waals surface area contributed by atoms with E-state index in [4.69, 9.17) is 4.74 Å². The third-order valence-electron chi connectivity index (χ3n) is 9.40. The Balaban J connectivity index is 1.11. The number of amides is 2. The lowest BCUT2D eigenvalue weighted by molar-refractivity contribution is -0.148. The van der Waals surface area contributed by atoms with Gasteiger partial charge in [0.15, 0.2) is 0 Å². The summed E-state index contributed by atoms with van der Waals surface area (Å²) in [6, 6.07) is 9.77. The molecule has 2 amide bonds. The second-order valence-electron chi connectivity index (χ2n) is 12.2. The Morgan fingerprint density at radius 3 is 2.34 bits per heavy atom. The fourth-order valence-electron chi connectivity index (χ4n) is 8.00. The Hall–Kier alpha value is -2.93. The number of hydrogen-bond acceptors (Lipinski definition) is 5. The highest BCUT2D eigenvalue weighted by molar-refractivity contribution is 5.91. The van der Waals surface area contributed by atoms with Gasteiger partial charge >= 0.3 is 0 Å². The van der Waals surface area contributed by atoms with Gasteiger partial charge in [-0.2, -0.15) is 5.10 Å². The number of rotatable bonds is 7. The minimum Gasteiger partial charge on any atom is -0.378 e. The van der Waals surface area contributed by atoms with Crippen LogP contribution in [0, 0.1) is 23.2 Å². The highest BCUT2D eigenvalue weighted by Crippen LogP contribution is 2.60. The van der Waals surface area contributed by atoms with Gasteiger partial charge in [0.1, 0.15) is 6.04 Å². The molecule has 7 heteroatoms. The maximum Gasteiger partial charge on any atom is 0.262 e. The van der Waals surface area contributed by atoms with Crippen molar-refractivity contribution in [3.63, 3.8) is 0 Å². The second-order valence-corrected chi connectivity index (χ2v) is 12.2. The van der Waals surface area contributed by atoms with Crippen LogP contribution in [-0.2, 0) is 14.3 Å². The summed E-state index contributed by atoms with van der Waals surface area (Å²) in [6.45, 7) is 4.88. The molecule has 7 nitrogen and oxygen atoms in total. The molecule has 1 aromatic rings. The molecule has 202 valence electrons. The molecular formula is C31H40N4O3. The van der Waals surface area contributed by atoms with Gasteiger partial charge in [0.2, 0.25) is 5.91 Å². The summed E-state index contributed by atoms with van der Waals surface area (Å²) >= 11 is 0. The largest absolute Gasteiger partial charge is 0.378 e. The Morgan fingerprint density at radius 2 is 1.68 bits per heavy atom. The number of carbonyl (C=O) groups excluding carboxylic acids is 2. The molecule has 1 saturated heterocycles.